The molecule has 0 saturated carbocycles. The van der Waals surface area contributed by atoms with Crippen molar-refractivity contribution in [2.45, 2.75) is 33.2 Å². The van der Waals surface area contributed by atoms with E-state index in [1.54, 1.807) is 0 Å². The van der Waals surface area contributed by atoms with Crippen LogP contribution in [0.1, 0.15) is 27.2 Å². The second kappa shape index (κ2) is 10.4. The highest BCUT2D eigenvalue weighted by molar-refractivity contribution is 6.60. The molecule has 100 valence electrons. The minimum absolute atomic E-state index is 0.331. The molecule has 0 radical (unpaired) electrons. The van der Waals surface area contributed by atoms with E-state index in [9.17, 15) is 4.79 Å². The molecule has 6 nitrogen and oxygen atoms in total. The zero-order chi connectivity index (χ0) is 13.0. The maximum Gasteiger partial charge on any atom is 0.501 e. The Morgan fingerprint density at radius 3 is 2.00 bits per heavy atom. The highest BCUT2D eigenvalue weighted by Crippen LogP contribution is 2.18. The monoisotopic (exact) mass is 263 g/mol. The molecule has 0 unspecified atom stereocenters. The van der Waals surface area contributed by atoms with Crippen molar-refractivity contribution in [3.05, 3.63) is 0 Å². The Hall–Kier alpha value is -0.723. The van der Waals surface area contributed by atoms with Crippen LogP contribution in [0.4, 0.5) is 0 Å². The van der Waals surface area contributed by atoms with Gasteiger partial charge in [-0.2, -0.15) is 0 Å². The summed E-state index contributed by atoms with van der Waals surface area (Å²) >= 11 is 0. The summed E-state index contributed by atoms with van der Waals surface area (Å²) in [6, 6.07) is 0.650. The van der Waals surface area contributed by atoms with E-state index in [4.69, 9.17) is 13.3 Å². The number of carbonyl (C=O) groups excluding carboxylic acids is 1. The van der Waals surface area contributed by atoms with Gasteiger partial charge in [0.15, 0.2) is 0 Å². The van der Waals surface area contributed by atoms with Crippen LogP contribution in [0.25, 0.3) is 0 Å². The van der Waals surface area contributed by atoms with Crippen LogP contribution in [0.15, 0.2) is 5.16 Å². The molecule has 17 heavy (non-hydrogen) atoms. The Kier molecular flexibility index (Phi) is 9.99. The maximum atomic E-state index is 9.79. The van der Waals surface area contributed by atoms with E-state index in [0.717, 1.165) is 0 Å². The van der Waals surface area contributed by atoms with Gasteiger partial charge < -0.3 is 18.1 Å². The van der Waals surface area contributed by atoms with Crippen LogP contribution in [0.3, 0.4) is 0 Å². The van der Waals surface area contributed by atoms with Crippen molar-refractivity contribution >= 4 is 14.9 Å². The van der Waals surface area contributed by atoms with Gasteiger partial charge in [-0.15, -0.1) is 0 Å². The maximum absolute atomic E-state index is 9.79. The van der Waals surface area contributed by atoms with E-state index in [0.29, 0.717) is 38.9 Å². The van der Waals surface area contributed by atoms with Gasteiger partial charge in [0.25, 0.3) is 6.08 Å². The molecular weight excluding hydrogens is 242 g/mol. The predicted molar refractivity (Wildman–Crippen MR) is 64.1 cm³/mol. The number of rotatable bonds is 11. The summed E-state index contributed by atoms with van der Waals surface area (Å²) in [5, 5.41) is 3.02. The molecule has 0 saturated heterocycles. The third-order valence-corrected chi connectivity index (χ3v) is 5.06. The van der Waals surface area contributed by atoms with Crippen LogP contribution < -0.4 is 0 Å². The van der Waals surface area contributed by atoms with Crippen LogP contribution in [-0.2, 0) is 22.9 Å². The summed E-state index contributed by atoms with van der Waals surface area (Å²) in [6.07, 6.45) is 1.98. The largest absolute Gasteiger partial charge is 0.501 e. The Labute approximate surface area is 103 Å². The van der Waals surface area contributed by atoms with Crippen molar-refractivity contribution in [3.8, 4) is 0 Å². The molecule has 0 fully saturated rings. The first kappa shape index (κ1) is 16.3. The molecule has 0 rings (SSSR count). The number of isocyanates is 1. The SMILES string of the molecule is CCO[Si](CCCON=C=O)(OCC)OCC. The van der Waals surface area contributed by atoms with Crippen molar-refractivity contribution in [1.29, 1.82) is 0 Å². The molecule has 0 aliphatic heterocycles. The third-order valence-electron chi connectivity index (χ3n) is 1.91. The molecule has 0 N–H and O–H groups in total. The van der Waals surface area contributed by atoms with Gasteiger partial charge in [0.05, 0.1) is 0 Å². The summed E-state index contributed by atoms with van der Waals surface area (Å²) < 4.78 is 16.9. The van der Waals surface area contributed by atoms with Gasteiger partial charge in [-0.1, -0.05) is 0 Å². The number of nitrogens with zero attached hydrogens (tertiary/aromatic N) is 1. The van der Waals surface area contributed by atoms with Crippen LogP contribution in [0, 0.1) is 0 Å². The Morgan fingerprint density at radius 1 is 1.06 bits per heavy atom. The van der Waals surface area contributed by atoms with Crippen molar-refractivity contribution in [1.82, 2.24) is 0 Å². The van der Waals surface area contributed by atoms with Crippen LogP contribution >= 0.6 is 0 Å². The third kappa shape index (κ3) is 7.25. The zero-order valence-corrected chi connectivity index (χ0v) is 11.7. The summed E-state index contributed by atoms with van der Waals surface area (Å²) in [4.78, 5) is 14.5. The van der Waals surface area contributed by atoms with E-state index >= 15 is 0 Å². The molecule has 7 heteroatoms. The highest BCUT2D eigenvalue weighted by atomic mass is 28.4. The lowest BCUT2D eigenvalue weighted by Gasteiger charge is -2.28. The van der Waals surface area contributed by atoms with E-state index < -0.39 is 8.80 Å². The van der Waals surface area contributed by atoms with Crippen LogP contribution in [-0.4, -0.2) is 41.3 Å². The molecule has 0 aliphatic rings. The van der Waals surface area contributed by atoms with Gasteiger partial charge in [0, 0.05) is 31.0 Å². The van der Waals surface area contributed by atoms with Gasteiger partial charge in [0.1, 0.15) is 6.61 Å². The van der Waals surface area contributed by atoms with Gasteiger partial charge >= 0.3 is 8.80 Å². The van der Waals surface area contributed by atoms with Crippen molar-refractivity contribution in [2.24, 2.45) is 5.16 Å². The van der Waals surface area contributed by atoms with E-state index in [1.807, 2.05) is 20.8 Å². The Bertz CT molecular complexity index is 216. The lowest BCUT2D eigenvalue weighted by atomic mass is 10.5. The zero-order valence-electron chi connectivity index (χ0n) is 10.7. The summed E-state index contributed by atoms with van der Waals surface area (Å²) in [6.45, 7) is 7.73. The molecule has 0 atom stereocenters. The second-order valence-electron chi connectivity index (χ2n) is 3.10. The van der Waals surface area contributed by atoms with Crippen molar-refractivity contribution < 1.29 is 22.9 Å². The summed E-state index contributed by atoms with van der Waals surface area (Å²) in [5.74, 6) is 0. The number of hydrogen-bond acceptors (Lipinski definition) is 6. The molecule has 0 aromatic carbocycles. The average molecular weight is 263 g/mol. The molecule has 0 aromatic rings. The summed E-state index contributed by atoms with van der Waals surface area (Å²) in [5.41, 5.74) is 0. The minimum atomic E-state index is -2.58. The highest BCUT2D eigenvalue weighted by Gasteiger charge is 2.39. The van der Waals surface area contributed by atoms with Gasteiger partial charge in [0.2, 0.25) is 0 Å². The van der Waals surface area contributed by atoms with Crippen LogP contribution in [0.2, 0.25) is 6.04 Å². The quantitative estimate of drug-likeness (QED) is 0.187. The van der Waals surface area contributed by atoms with Crippen LogP contribution in [0.5, 0.6) is 0 Å². The Morgan fingerprint density at radius 2 is 1.59 bits per heavy atom. The minimum Gasteiger partial charge on any atom is -0.386 e. The molecule has 0 bridgehead atoms. The van der Waals surface area contributed by atoms with Crippen molar-refractivity contribution in [2.75, 3.05) is 26.4 Å². The molecule has 0 aliphatic carbocycles. The second-order valence-corrected chi connectivity index (χ2v) is 5.83. The first-order valence-corrected chi connectivity index (χ1v) is 7.78. The van der Waals surface area contributed by atoms with Gasteiger partial charge in [-0.25, -0.2) is 4.79 Å². The predicted octanol–water partition coefficient (Wildman–Crippen LogP) is 1.69. The fourth-order valence-electron chi connectivity index (χ4n) is 1.43. The molecule has 0 spiro atoms. The lowest BCUT2D eigenvalue weighted by molar-refractivity contribution is 0.0664. The van der Waals surface area contributed by atoms with E-state index in [-0.39, 0.29) is 0 Å². The van der Waals surface area contributed by atoms with Crippen molar-refractivity contribution in [3.63, 3.8) is 0 Å². The molecule has 0 amide bonds. The number of hydrogen-bond donors (Lipinski definition) is 0. The first-order chi connectivity index (χ1) is 8.24. The van der Waals surface area contributed by atoms with Gasteiger partial charge in [-0.3, -0.25) is 0 Å². The summed E-state index contributed by atoms with van der Waals surface area (Å²) in [7, 11) is -2.58. The molecule has 0 heterocycles. The molecular formula is C10H21NO5Si. The normalized spacial score (nSPS) is 11.0. The smallest absolute Gasteiger partial charge is 0.386 e. The Balaban J connectivity index is 4.17. The standard InChI is InChI=1S/C10H21NO5Si/c1-4-14-17(15-5-2,16-6-3)9-7-8-13-11-10-12/h4-9H2,1-3H3. The average Bonchev–Trinajstić information content (AvgIpc) is 2.30. The first-order valence-electron chi connectivity index (χ1n) is 5.85. The topological polar surface area (TPSA) is 66.4 Å². The van der Waals surface area contributed by atoms with E-state index in [1.165, 1.54) is 6.08 Å². The fourth-order valence-corrected chi connectivity index (χ4v) is 4.01. The van der Waals surface area contributed by atoms with Gasteiger partial charge in [-0.05, 0) is 27.2 Å². The molecule has 0 aromatic heterocycles. The lowest BCUT2D eigenvalue weighted by Crippen LogP contribution is -2.46. The fraction of sp³-hybridized carbons (Fsp3) is 0.900. The van der Waals surface area contributed by atoms with E-state index in [2.05, 4.69) is 9.99 Å².